The second-order valence-corrected chi connectivity index (χ2v) is 3.59. The number of likely N-dealkylation sites (N-methyl/N-ethyl adjacent to an activating group) is 1. The van der Waals surface area contributed by atoms with Gasteiger partial charge in [0.25, 0.3) is 11.6 Å². The van der Waals surface area contributed by atoms with Crippen molar-refractivity contribution in [2.24, 2.45) is 0 Å². The van der Waals surface area contributed by atoms with Gasteiger partial charge in [0.2, 0.25) is 0 Å². The van der Waals surface area contributed by atoms with Crippen LogP contribution in [0.15, 0.2) is 18.2 Å². The van der Waals surface area contributed by atoms with E-state index < -0.39 is 10.8 Å². The molecule has 100 valence electrons. The van der Waals surface area contributed by atoms with Gasteiger partial charge >= 0.3 is 0 Å². The minimum atomic E-state index is -0.525. The molecule has 0 spiro atoms. The standard InChI is InChI=1S/C11H15N3O3.ClH/c1-8-4-3-5-9(10(8)14(16)17)11(15)13-7-6-12-2;/h3-5,12H,6-7H2,1-2H3,(H,13,15);1H. The van der Waals surface area contributed by atoms with Gasteiger partial charge in [0.1, 0.15) is 5.56 Å². The molecular weight excluding hydrogens is 258 g/mol. The van der Waals surface area contributed by atoms with E-state index in [0.29, 0.717) is 18.7 Å². The van der Waals surface area contributed by atoms with Gasteiger partial charge in [0.05, 0.1) is 4.92 Å². The third-order valence-electron chi connectivity index (χ3n) is 2.33. The van der Waals surface area contributed by atoms with Crippen LogP contribution in [0.2, 0.25) is 0 Å². The highest BCUT2D eigenvalue weighted by Crippen LogP contribution is 2.22. The normalized spacial score (nSPS) is 9.44. The summed E-state index contributed by atoms with van der Waals surface area (Å²) in [7, 11) is 1.77. The largest absolute Gasteiger partial charge is 0.351 e. The molecule has 1 aromatic carbocycles. The molecule has 0 bridgehead atoms. The Morgan fingerprint density at radius 1 is 1.39 bits per heavy atom. The van der Waals surface area contributed by atoms with Crippen LogP contribution in [0, 0.1) is 17.0 Å². The predicted octanol–water partition coefficient (Wildman–Crippen LogP) is 1.27. The summed E-state index contributed by atoms with van der Waals surface area (Å²) in [6.45, 7) is 2.66. The fraction of sp³-hybridized carbons (Fsp3) is 0.364. The van der Waals surface area contributed by atoms with Gasteiger partial charge < -0.3 is 10.6 Å². The van der Waals surface area contributed by atoms with E-state index >= 15 is 0 Å². The SMILES string of the molecule is CNCCNC(=O)c1cccc(C)c1[N+](=O)[O-].Cl. The number of nitrogens with one attached hydrogen (secondary N) is 2. The number of carbonyl (C=O) groups is 1. The molecule has 0 saturated carbocycles. The van der Waals surface area contributed by atoms with Crippen LogP contribution in [0.5, 0.6) is 0 Å². The van der Waals surface area contributed by atoms with Crippen molar-refractivity contribution in [3.63, 3.8) is 0 Å². The summed E-state index contributed by atoms with van der Waals surface area (Å²) in [5.41, 5.74) is 0.455. The molecule has 1 aromatic rings. The number of nitro groups is 1. The number of benzene rings is 1. The van der Waals surface area contributed by atoms with Crippen molar-refractivity contribution < 1.29 is 9.72 Å². The number of rotatable bonds is 5. The maximum absolute atomic E-state index is 11.8. The molecule has 0 unspecified atom stereocenters. The van der Waals surface area contributed by atoms with Crippen molar-refractivity contribution in [2.75, 3.05) is 20.1 Å². The fourth-order valence-electron chi connectivity index (χ4n) is 1.48. The molecule has 1 rings (SSSR count). The van der Waals surface area contributed by atoms with Crippen LogP contribution in [-0.2, 0) is 0 Å². The van der Waals surface area contributed by atoms with Crippen LogP contribution in [0.3, 0.4) is 0 Å². The molecule has 0 aliphatic rings. The zero-order valence-corrected chi connectivity index (χ0v) is 11.0. The second kappa shape index (κ2) is 7.62. The van der Waals surface area contributed by atoms with Crippen molar-refractivity contribution in [2.45, 2.75) is 6.92 Å². The number of amides is 1. The van der Waals surface area contributed by atoms with Gasteiger partial charge in [-0.15, -0.1) is 12.4 Å². The molecule has 0 fully saturated rings. The molecule has 0 aliphatic carbocycles. The van der Waals surface area contributed by atoms with Crippen molar-refractivity contribution in [3.05, 3.63) is 39.4 Å². The minimum Gasteiger partial charge on any atom is -0.351 e. The quantitative estimate of drug-likeness (QED) is 0.481. The first-order valence-electron chi connectivity index (χ1n) is 5.24. The molecule has 18 heavy (non-hydrogen) atoms. The molecule has 0 atom stereocenters. The maximum Gasteiger partial charge on any atom is 0.285 e. The summed E-state index contributed by atoms with van der Waals surface area (Å²) < 4.78 is 0. The summed E-state index contributed by atoms with van der Waals surface area (Å²) in [5, 5.41) is 16.4. The Morgan fingerprint density at radius 2 is 2.06 bits per heavy atom. The first kappa shape index (κ1) is 16.3. The number of hydrogen-bond acceptors (Lipinski definition) is 4. The van der Waals surface area contributed by atoms with Crippen LogP contribution in [0.1, 0.15) is 15.9 Å². The number of halogens is 1. The van der Waals surface area contributed by atoms with Crippen LogP contribution in [-0.4, -0.2) is 31.0 Å². The van der Waals surface area contributed by atoms with Gasteiger partial charge in [0.15, 0.2) is 0 Å². The van der Waals surface area contributed by atoms with Gasteiger partial charge in [-0.25, -0.2) is 0 Å². The second-order valence-electron chi connectivity index (χ2n) is 3.59. The van der Waals surface area contributed by atoms with Gasteiger partial charge in [-0.05, 0) is 20.0 Å². The van der Waals surface area contributed by atoms with E-state index in [-0.39, 0.29) is 23.7 Å². The summed E-state index contributed by atoms with van der Waals surface area (Å²) in [6, 6.07) is 4.71. The lowest BCUT2D eigenvalue weighted by atomic mass is 10.1. The lowest BCUT2D eigenvalue weighted by Crippen LogP contribution is -2.30. The number of hydrogen-bond donors (Lipinski definition) is 2. The highest BCUT2D eigenvalue weighted by atomic mass is 35.5. The van der Waals surface area contributed by atoms with Gasteiger partial charge in [0, 0.05) is 18.7 Å². The first-order valence-corrected chi connectivity index (χ1v) is 5.24. The molecule has 2 N–H and O–H groups in total. The van der Waals surface area contributed by atoms with Crippen molar-refractivity contribution in [3.8, 4) is 0 Å². The Labute approximate surface area is 111 Å². The highest BCUT2D eigenvalue weighted by Gasteiger charge is 2.21. The number of carbonyl (C=O) groups excluding carboxylic acids is 1. The zero-order chi connectivity index (χ0) is 12.8. The van der Waals surface area contributed by atoms with E-state index in [0.717, 1.165) is 0 Å². The topological polar surface area (TPSA) is 84.3 Å². The Balaban J connectivity index is 0.00000289. The summed E-state index contributed by atoms with van der Waals surface area (Å²) in [6.07, 6.45) is 0. The van der Waals surface area contributed by atoms with Crippen molar-refractivity contribution in [1.29, 1.82) is 0 Å². The molecule has 0 radical (unpaired) electrons. The Kier molecular flexibility index (Phi) is 6.92. The lowest BCUT2D eigenvalue weighted by molar-refractivity contribution is -0.385. The number of nitrogens with zero attached hydrogens (tertiary/aromatic N) is 1. The molecule has 0 saturated heterocycles. The molecule has 0 aromatic heterocycles. The number of nitro benzene ring substituents is 1. The molecule has 0 heterocycles. The lowest BCUT2D eigenvalue weighted by Gasteiger charge is -2.06. The zero-order valence-electron chi connectivity index (χ0n) is 10.2. The fourth-order valence-corrected chi connectivity index (χ4v) is 1.48. The van der Waals surface area contributed by atoms with Crippen LogP contribution in [0.25, 0.3) is 0 Å². The average Bonchev–Trinajstić information content (AvgIpc) is 2.28. The van der Waals surface area contributed by atoms with E-state index in [1.54, 1.807) is 26.1 Å². The third kappa shape index (κ3) is 3.97. The van der Waals surface area contributed by atoms with Crippen LogP contribution < -0.4 is 10.6 Å². The molecule has 7 heteroatoms. The van der Waals surface area contributed by atoms with Crippen LogP contribution >= 0.6 is 12.4 Å². The minimum absolute atomic E-state index is 0. The molecule has 6 nitrogen and oxygen atoms in total. The van der Waals surface area contributed by atoms with E-state index in [1.807, 2.05) is 0 Å². The van der Waals surface area contributed by atoms with E-state index in [4.69, 9.17) is 0 Å². The molecule has 1 amide bonds. The van der Waals surface area contributed by atoms with Gasteiger partial charge in [-0.1, -0.05) is 12.1 Å². The smallest absolute Gasteiger partial charge is 0.285 e. The Morgan fingerprint density at radius 3 is 2.61 bits per heavy atom. The average molecular weight is 274 g/mol. The van der Waals surface area contributed by atoms with Gasteiger partial charge in [-0.3, -0.25) is 14.9 Å². The van der Waals surface area contributed by atoms with Crippen molar-refractivity contribution in [1.82, 2.24) is 10.6 Å². The first-order chi connectivity index (χ1) is 8.07. The highest BCUT2D eigenvalue weighted by molar-refractivity contribution is 5.98. The van der Waals surface area contributed by atoms with Gasteiger partial charge in [-0.2, -0.15) is 0 Å². The Bertz CT molecular complexity index is 438. The monoisotopic (exact) mass is 273 g/mol. The summed E-state index contributed by atoms with van der Waals surface area (Å²) >= 11 is 0. The third-order valence-corrected chi connectivity index (χ3v) is 2.33. The van der Waals surface area contributed by atoms with Crippen LogP contribution in [0.4, 0.5) is 5.69 Å². The maximum atomic E-state index is 11.8. The van der Waals surface area contributed by atoms with E-state index in [2.05, 4.69) is 10.6 Å². The number of aryl methyl sites for hydroxylation is 1. The van der Waals surface area contributed by atoms with E-state index in [9.17, 15) is 14.9 Å². The summed E-state index contributed by atoms with van der Waals surface area (Å²) in [4.78, 5) is 22.1. The number of para-hydroxylation sites is 1. The summed E-state index contributed by atoms with van der Waals surface area (Å²) in [5.74, 6) is -0.421. The Hall–Kier alpha value is -1.66. The molecular formula is C11H16ClN3O3. The van der Waals surface area contributed by atoms with E-state index in [1.165, 1.54) is 6.07 Å². The predicted molar refractivity (Wildman–Crippen MR) is 71.3 cm³/mol. The van der Waals surface area contributed by atoms with Crippen molar-refractivity contribution >= 4 is 24.0 Å². The molecule has 0 aliphatic heterocycles.